The fourth-order valence-corrected chi connectivity index (χ4v) is 6.35. The molecule has 0 atom stereocenters. The zero-order chi connectivity index (χ0) is 30.6. The number of aromatic nitrogens is 1. The minimum Gasteiger partial charge on any atom is -0.398 e. The van der Waals surface area contributed by atoms with E-state index in [9.17, 15) is 13.0 Å². The Kier molecular flexibility index (Phi) is 10.2. The highest BCUT2D eigenvalue weighted by molar-refractivity contribution is 7.94. The van der Waals surface area contributed by atoms with E-state index in [4.69, 9.17) is 32.9 Å². The largest absolute Gasteiger partial charge is 0.398 e. The summed E-state index contributed by atoms with van der Waals surface area (Å²) in [5, 5.41) is 13.0. The van der Waals surface area contributed by atoms with E-state index in [0.717, 1.165) is 45.9 Å². The van der Waals surface area contributed by atoms with Crippen LogP contribution in [0.3, 0.4) is 0 Å². The molecule has 5 rings (SSSR count). The van der Waals surface area contributed by atoms with Crippen LogP contribution in [0.5, 0.6) is 0 Å². The molecule has 0 unspecified atom stereocenters. The summed E-state index contributed by atoms with van der Waals surface area (Å²) in [6.45, 7) is 3.50. The van der Waals surface area contributed by atoms with Gasteiger partial charge in [0, 0.05) is 43.4 Å². The van der Waals surface area contributed by atoms with Gasteiger partial charge in [-0.05, 0) is 48.7 Å². The number of oxazole rings is 1. The molecular weight excluding hydrogens is 637 g/mol. The summed E-state index contributed by atoms with van der Waals surface area (Å²) in [5.74, 6) is 1.48. The average molecular weight is 668 g/mol. The second-order valence-electron chi connectivity index (χ2n) is 9.75. The molecule has 43 heavy (non-hydrogen) atoms. The third-order valence-corrected chi connectivity index (χ3v) is 9.17. The number of benzene rings is 3. The van der Waals surface area contributed by atoms with Crippen LogP contribution >= 0.6 is 35.2 Å². The highest BCUT2D eigenvalue weighted by Gasteiger charge is 2.34. The van der Waals surface area contributed by atoms with Gasteiger partial charge in [0.25, 0.3) is 15.6 Å². The number of aryl methyl sites for hydroxylation is 1. The SMILES string of the molecule is CCN1/C(=C\c2oc3cc(-c4ccccc4)ccc3[n+]2CCCS(=O)(=O)O)N(CCCSOOO)c2cc(Cl)c(Cl)cc21. The van der Waals surface area contributed by atoms with Gasteiger partial charge in [0.05, 0.1) is 33.2 Å². The van der Waals surface area contributed by atoms with Crippen molar-refractivity contribution in [2.45, 2.75) is 26.3 Å². The molecule has 1 aromatic heterocycles. The maximum atomic E-state index is 11.5. The van der Waals surface area contributed by atoms with Crippen molar-refractivity contribution >= 4 is 73.9 Å². The maximum Gasteiger partial charge on any atom is 0.377 e. The van der Waals surface area contributed by atoms with Crippen LogP contribution in [0.1, 0.15) is 25.7 Å². The van der Waals surface area contributed by atoms with Crippen molar-refractivity contribution in [1.29, 1.82) is 0 Å². The molecule has 2 heterocycles. The third-order valence-electron chi connectivity index (χ3n) is 7.03. The first-order valence-corrected chi connectivity index (χ1v) is 16.8. The number of nitrogens with zero attached hydrogens (tertiary/aromatic N) is 3. The lowest BCUT2D eigenvalue weighted by Crippen LogP contribution is -2.37. The molecule has 14 heteroatoms. The van der Waals surface area contributed by atoms with Gasteiger partial charge < -0.3 is 14.2 Å². The summed E-state index contributed by atoms with van der Waals surface area (Å²) in [5.41, 5.74) is 5.19. The Labute approximate surface area is 263 Å². The van der Waals surface area contributed by atoms with Gasteiger partial charge in [-0.15, -0.1) is 4.33 Å². The predicted octanol–water partition coefficient (Wildman–Crippen LogP) is 7.08. The van der Waals surface area contributed by atoms with Crippen LogP contribution in [-0.2, 0) is 26.0 Å². The van der Waals surface area contributed by atoms with Crippen molar-refractivity contribution in [3.63, 3.8) is 0 Å². The molecule has 3 aromatic carbocycles. The summed E-state index contributed by atoms with van der Waals surface area (Å²) in [4.78, 5) is 4.20. The minimum atomic E-state index is -4.13. The van der Waals surface area contributed by atoms with Crippen LogP contribution in [0, 0.1) is 0 Å². The van der Waals surface area contributed by atoms with Crippen molar-refractivity contribution < 1.29 is 36.6 Å². The summed E-state index contributed by atoms with van der Waals surface area (Å²) < 4.78 is 45.3. The smallest absolute Gasteiger partial charge is 0.377 e. The van der Waals surface area contributed by atoms with E-state index >= 15 is 0 Å². The van der Waals surface area contributed by atoms with Gasteiger partial charge in [0.2, 0.25) is 5.58 Å². The zero-order valence-corrected chi connectivity index (χ0v) is 26.3. The first kappa shape index (κ1) is 31.6. The summed E-state index contributed by atoms with van der Waals surface area (Å²) >= 11 is 13.8. The molecule has 0 amide bonds. The molecule has 0 fully saturated rings. The number of hydrogen-bond acceptors (Lipinski definition) is 9. The van der Waals surface area contributed by atoms with Crippen molar-refractivity contribution in [2.24, 2.45) is 0 Å². The van der Waals surface area contributed by atoms with Gasteiger partial charge in [0.1, 0.15) is 5.82 Å². The van der Waals surface area contributed by atoms with E-state index in [-0.39, 0.29) is 12.2 Å². The van der Waals surface area contributed by atoms with Gasteiger partial charge >= 0.3 is 5.89 Å². The van der Waals surface area contributed by atoms with Gasteiger partial charge in [-0.2, -0.15) is 13.0 Å². The zero-order valence-electron chi connectivity index (χ0n) is 23.2. The van der Waals surface area contributed by atoms with Crippen molar-refractivity contribution in [3.05, 3.63) is 82.4 Å². The van der Waals surface area contributed by atoms with E-state index in [1.165, 1.54) is 0 Å². The van der Waals surface area contributed by atoms with Crippen molar-refractivity contribution in [1.82, 2.24) is 0 Å². The lowest BCUT2D eigenvalue weighted by molar-refractivity contribution is -0.677. The fourth-order valence-electron chi connectivity index (χ4n) is 5.18. The van der Waals surface area contributed by atoms with E-state index < -0.39 is 10.1 Å². The average Bonchev–Trinajstić information content (AvgIpc) is 3.46. The van der Waals surface area contributed by atoms with Crippen LogP contribution in [0.2, 0.25) is 10.0 Å². The summed E-state index contributed by atoms with van der Waals surface area (Å²) in [6, 6.07) is 19.5. The topological polar surface area (TPSA) is 117 Å². The first-order valence-electron chi connectivity index (χ1n) is 13.5. The first-order chi connectivity index (χ1) is 20.7. The molecule has 0 aliphatic carbocycles. The molecular formula is C29H30Cl2N3O7S2+. The van der Waals surface area contributed by atoms with Gasteiger partial charge in [-0.1, -0.05) is 58.6 Å². The molecule has 0 saturated heterocycles. The molecule has 1 aliphatic heterocycles. The molecule has 1 aliphatic rings. The van der Waals surface area contributed by atoms with Crippen LogP contribution in [0.15, 0.2) is 70.9 Å². The number of halogens is 2. The molecule has 4 aromatic rings. The highest BCUT2D eigenvalue weighted by Crippen LogP contribution is 2.46. The normalized spacial score (nSPS) is 14.3. The second-order valence-corrected chi connectivity index (χ2v) is 12.9. The fraction of sp³-hybridized carbons (Fsp3) is 0.276. The van der Waals surface area contributed by atoms with Gasteiger partial charge in [-0.3, -0.25) is 4.55 Å². The molecule has 10 nitrogen and oxygen atoms in total. The predicted molar refractivity (Wildman–Crippen MR) is 170 cm³/mol. The maximum absolute atomic E-state index is 11.5. The monoisotopic (exact) mass is 666 g/mol. The van der Waals surface area contributed by atoms with Gasteiger partial charge in [0.15, 0.2) is 6.54 Å². The molecule has 0 spiro atoms. The highest BCUT2D eigenvalue weighted by atomic mass is 35.5. The standard InChI is InChI=1S/C29H29Cl2N3O7S2/c1-2-32-25-17-22(30)23(31)18-26(25)33(12-6-14-42-41-40-35)28(32)19-29-34(13-7-15-43(36,37)38)24-11-10-21(16-27(24)39-29)20-8-4-3-5-9-20/h3-5,8-11,16-19H,2,6-7,12-15H2,1H3,(H-,35,36,37,38)/p+1. The van der Waals surface area contributed by atoms with Crippen LogP contribution in [0.4, 0.5) is 11.4 Å². The minimum absolute atomic E-state index is 0.186. The van der Waals surface area contributed by atoms with Crippen LogP contribution in [-0.4, -0.2) is 42.8 Å². The third kappa shape index (κ3) is 7.30. The number of fused-ring (bicyclic) bond motifs is 2. The molecule has 0 radical (unpaired) electrons. The lowest BCUT2D eigenvalue weighted by atomic mass is 10.1. The Morgan fingerprint density at radius 1 is 1.00 bits per heavy atom. The quantitative estimate of drug-likeness (QED) is 0.0383. The Bertz CT molecular complexity index is 1730. The number of anilines is 2. The van der Waals surface area contributed by atoms with Gasteiger partial charge in [-0.25, -0.2) is 5.26 Å². The second kappa shape index (κ2) is 13.9. The number of hydrogen-bond donors (Lipinski definition) is 2. The van der Waals surface area contributed by atoms with E-state index in [0.29, 0.717) is 53.3 Å². The van der Waals surface area contributed by atoms with Crippen LogP contribution in [0.25, 0.3) is 28.3 Å². The molecule has 0 bridgehead atoms. The Hall–Kier alpha value is -2.81. The Morgan fingerprint density at radius 2 is 1.72 bits per heavy atom. The van der Waals surface area contributed by atoms with Crippen molar-refractivity contribution in [2.75, 3.05) is 34.4 Å². The van der Waals surface area contributed by atoms with Crippen LogP contribution < -0.4 is 14.4 Å². The van der Waals surface area contributed by atoms with E-state index in [1.54, 1.807) is 0 Å². The molecule has 2 N–H and O–H groups in total. The molecule has 0 saturated carbocycles. The van der Waals surface area contributed by atoms with E-state index in [2.05, 4.69) is 19.2 Å². The molecule has 228 valence electrons. The summed E-state index contributed by atoms with van der Waals surface area (Å²) in [7, 11) is -4.13. The number of rotatable bonds is 13. The Morgan fingerprint density at radius 3 is 2.40 bits per heavy atom. The van der Waals surface area contributed by atoms with Crippen molar-refractivity contribution in [3.8, 4) is 11.1 Å². The summed E-state index contributed by atoms with van der Waals surface area (Å²) in [6.07, 6.45) is 2.77. The van der Waals surface area contributed by atoms with E-state index in [1.807, 2.05) is 78.2 Å². The lowest BCUT2D eigenvalue weighted by Gasteiger charge is -2.23. The Balaban J connectivity index is 1.60.